The zero-order chi connectivity index (χ0) is 13.8. The fraction of sp³-hybridized carbons (Fsp3) is 0.625. The molecule has 2 unspecified atom stereocenters. The smallest absolute Gasteiger partial charge is 0.123 e. The topological polar surface area (TPSA) is 15.3 Å². The van der Waals surface area contributed by atoms with Crippen LogP contribution in [0.15, 0.2) is 18.2 Å². The van der Waals surface area contributed by atoms with Crippen molar-refractivity contribution in [3.8, 4) is 0 Å². The van der Waals surface area contributed by atoms with E-state index in [1.54, 1.807) is 12.1 Å². The molecule has 1 fully saturated rings. The lowest BCUT2D eigenvalue weighted by Crippen LogP contribution is -2.25. The van der Waals surface area contributed by atoms with Crippen molar-refractivity contribution >= 4 is 5.69 Å². The van der Waals surface area contributed by atoms with Crippen LogP contribution in [0.25, 0.3) is 0 Å². The molecule has 1 aliphatic heterocycles. The Morgan fingerprint density at radius 1 is 1.42 bits per heavy atom. The molecule has 1 aromatic rings. The highest BCUT2D eigenvalue weighted by Crippen LogP contribution is 2.32. The lowest BCUT2D eigenvalue weighted by atomic mass is 10.0. The summed E-state index contributed by atoms with van der Waals surface area (Å²) in [6, 6.07) is 5.39. The van der Waals surface area contributed by atoms with E-state index in [0.29, 0.717) is 0 Å². The van der Waals surface area contributed by atoms with Crippen LogP contribution < -0.4 is 10.2 Å². The molecule has 0 aromatic heterocycles. The monoisotopic (exact) mass is 264 g/mol. The van der Waals surface area contributed by atoms with Crippen LogP contribution in [-0.4, -0.2) is 19.6 Å². The third kappa shape index (κ3) is 3.27. The zero-order valence-corrected chi connectivity index (χ0v) is 12.2. The van der Waals surface area contributed by atoms with E-state index >= 15 is 0 Å². The first kappa shape index (κ1) is 14.3. The number of rotatable bonds is 5. The summed E-state index contributed by atoms with van der Waals surface area (Å²) in [4.78, 5) is 2.41. The predicted octanol–water partition coefficient (Wildman–Crippen LogP) is 3.73. The average Bonchev–Trinajstić information content (AvgIpc) is 2.87. The van der Waals surface area contributed by atoms with Gasteiger partial charge < -0.3 is 10.2 Å². The second-order valence-electron chi connectivity index (χ2n) is 5.49. The van der Waals surface area contributed by atoms with E-state index < -0.39 is 0 Å². The highest BCUT2D eigenvalue weighted by atomic mass is 19.1. The second-order valence-corrected chi connectivity index (χ2v) is 5.49. The molecule has 0 amide bonds. The van der Waals surface area contributed by atoms with Crippen LogP contribution in [0.1, 0.15) is 45.2 Å². The van der Waals surface area contributed by atoms with Crippen LogP contribution in [0.2, 0.25) is 0 Å². The van der Waals surface area contributed by atoms with E-state index in [1.807, 2.05) is 6.07 Å². The van der Waals surface area contributed by atoms with Gasteiger partial charge in [0.25, 0.3) is 0 Å². The molecule has 0 aliphatic carbocycles. The molecule has 0 spiro atoms. The van der Waals surface area contributed by atoms with Gasteiger partial charge in [-0.3, -0.25) is 0 Å². The number of nitrogens with one attached hydrogen (secondary N) is 1. The third-order valence-corrected chi connectivity index (χ3v) is 4.17. The SMILES string of the molecule is CCNC(C)c1cc(F)ccc1N1CCC(CC)C1. The summed E-state index contributed by atoms with van der Waals surface area (Å²) in [5.41, 5.74) is 2.28. The Morgan fingerprint density at radius 2 is 2.21 bits per heavy atom. The molecule has 2 atom stereocenters. The van der Waals surface area contributed by atoms with Crippen molar-refractivity contribution in [2.45, 2.75) is 39.7 Å². The van der Waals surface area contributed by atoms with Gasteiger partial charge in [-0.05, 0) is 49.6 Å². The van der Waals surface area contributed by atoms with Crippen molar-refractivity contribution in [3.05, 3.63) is 29.6 Å². The summed E-state index contributed by atoms with van der Waals surface area (Å²) in [6.07, 6.45) is 2.48. The number of hydrogen-bond acceptors (Lipinski definition) is 2. The van der Waals surface area contributed by atoms with Crippen molar-refractivity contribution in [1.82, 2.24) is 5.32 Å². The van der Waals surface area contributed by atoms with E-state index in [9.17, 15) is 4.39 Å². The lowest BCUT2D eigenvalue weighted by molar-refractivity contribution is 0.566. The van der Waals surface area contributed by atoms with Crippen LogP contribution in [0.4, 0.5) is 10.1 Å². The predicted molar refractivity (Wildman–Crippen MR) is 79.1 cm³/mol. The Bertz CT molecular complexity index is 419. The molecule has 106 valence electrons. The van der Waals surface area contributed by atoms with Gasteiger partial charge in [0, 0.05) is 24.8 Å². The van der Waals surface area contributed by atoms with Crippen LogP contribution in [-0.2, 0) is 0 Å². The van der Waals surface area contributed by atoms with Gasteiger partial charge in [-0.25, -0.2) is 4.39 Å². The lowest BCUT2D eigenvalue weighted by Gasteiger charge is -2.25. The molecule has 3 heteroatoms. The largest absolute Gasteiger partial charge is 0.371 e. The number of hydrogen-bond donors (Lipinski definition) is 1. The van der Waals surface area contributed by atoms with Crippen LogP contribution in [0.5, 0.6) is 0 Å². The molecular weight excluding hydrogens is 239 g/mol. The second kappa shape index (κ2) is 6.38. The Morgan fingerprint density at radius 3 is 2.84 bits per heavy atom. The summed E-state index contributed by atoms with van der Waals surface area (Å²) in [5, 5.41) is 3.38. The molecule has 2 rings (SSSR count). The van der Waals surface area contributed by atoms with Gasteiger partial charge in [0.15, 0.2) is 0 Å². The molecule has 1 aliphatic rings. The first-order valence-electron chi connectivity index (χ1n) is 7.43. The first-order chi connectivity index (χ1) is 9.15. The third-order valence-electron chi connectivity index (χ3n) is 4.17. The Balaban J connectivity index is 2.24. The first-order valence-corrected chi connectivity index (χ1v) is 7.43. The Kier molecular flexibility index (Phi) is 4.81. The zero-order valence-electron chi connectivity index (χ0n) is 12.2. The molecule has 0 bridgehead atoms. The number of anilines is 1. The Labute approximate surface area is 116 Å². The van der Waals surface area contributed by atoms with Crippen LogP contribution in [0.3, 0.4) is 0 Å². The van der Waals surface area contributed by atoms with Gasteiger partial charge in [-0.2, -0.15) is 0 Å². The molecule has 1 N–H and O–H groups in total. The summed E-state index contributed by atoms with van der Waals surface area (Å²) in [5.74, 6) is 0.641. The summed E-state index contributed by atoms with van der Waals surface area (Å²) >= 11 is 0. The summed E-state index contributed by atoms with van der Waals surface area (Å²) < 4.78 is 13.5. The highest BCUT2D eigenvalue weighted by molar-refractivity contribution is 5.56. The minimum absolute atomic E-state index is 0.144. The van der Waals surface area contributed by atoms with Gasteiger partial charge in [-0.1, -0.05) is 20.3 Å². The van der Waals surface area contributed by atoms with Crippen LogP contribution >= 0.6 is 0 Å². The van der Waals surface area contributed by atoms with Crippen molar-refractivity contribution in [3.63, 3.8) is 0 Å². The minimum atomic E-state index is -0.144. The van der Waals surface area contributed by atoms with E-state index in [2.05, 4.69) is 31.0 Å². The molecule has 2 nitrogen and oxygen atoms in total. The maximum atomic E-state index is 13.5. The van der Waals surface area contributed by atoms with E-state index in [-0.39, 0.29) is 11.9 Å². The summed E-state index contributed by atoms with van der Waals surface area (Å²) in [6.45, 7) is 9.53. The number of halogens is 1. The van der Waals surface area contributed by atoms with Crippen molar-refractivity contribution < 1.29 is 4.39 Å². The van der Waals surface area contributed by atoms with Crippen molar-refractivity contribution in [1.29, 1.82) is 0 Å². The van der Waals surface area contributed by atoms with Crippen LogP contribution in [0, 0.1) is 11.7 Å². The average molecular weight is 264 g/mol. The number of benzene rings is 1. The fourth-order valence-electron chi connectivity index (χ4n) is 2.96. The molecule has 19 heavy (non-hydrogen) atoms. The van der Waals surface area contributed by atoms with E-state index in [4.69, 9.17) is 0 Å². The summed E-state index contributed by atoms with van der Waals surface area (Å²) in [7, 11) is 0. The fourth-order valence-corrected chi connectivity index (χ4v) is 2.96. The van der Waals surface area contributed by atoms with Gasteiger partial charge in [-0.15, -0.1) is 0 Å². The van der Waals surface area contributed by atoms with Gasteiger partial charge in [0.2, 0.25) is 0 Å². The van der Waals surface area contributed by atoms with E-state index in [1.165, 1.54) is 18.5 Å². The molecule has 0 radical (unpaired) electrons. The number of nitrogens with zero attached hydrogens (tertiary/aromatic N) is 1. The molecule has 1 heterocycles. The quantitative estimate of drug-likeness (QED) is 0.871. The molecule has 1 saturated heterocycles. The molecule has 1 aromatic carbocycles. The maximum absolute atomic E-state index is 13.5. The van der Waals surface area contributed by atoms with E-state index in [0.717, 1.165) is 31.1 Å². The normalized spacial score (nSPS) is 20.8. The van der Waals surface area contributed by atoms with Gasteiger partial charge >= 0.3 is 0 Å². The standard InChI is InChI=1S/C16H25FN2/c1-4-13-8-9-19(11-13)16-7-6-14(17)10-15(16)12(3)18-5-2/h6-7,10,12-13,18H,4-5,8-9,11H2,1-3H3. The maximum Gasteiger partial charge on any atom is 0.123 e. The molecule has 0 saturated carbocycles. The van der Waals surface area contributed by atoms with Gasteiger partial charge in [0.05, 0.1) is 0 Å². The van der Waals surface area contributed by atoms with Gasteiger partial charge in [0.1, 0.15) is 5.82 Å². The minimum Gasteiger partial charge on any atom is -0.371 e. The Hall–Kier alpha value is -1.09. The van der Waals surface area contributed by atoms with Crippen molar-refractivity contribution in [2.24, 2.45) is 5.92 Å². The highest BCUT2D eigenvalue weighted by Gasteiger charge is 2.24. The molecular formula is C16H25FN2. The van der Waals surface area contributed by atoms with Crippen molar-refractivity contribution in [2.75, 3.05) is 24.5 Å².